The third-order valence-corrected chi connectivity index (χ3v) is 25.1. The van der Waals surface area contributed by atoms with E-state index in [0.717, 1.165) is 67.3 Å². The van der Waals surface area contributed by atoms with Crippen LogP contribution in [-0.2, 0) is 0 Å². The van der Waals surface area contributed by atoms with E-state index in [2.05, 4.69) is 423 Å². The Morgan fingerprint density at radius 1 is 0.196 bits per heavy atom. The van der Waals surface area contributed by atoms with E-state index in [-0.39, 0.29) is 20.7 Å². The molecule has 0 saturated heterocycles. The maximum Gasteiger partial charge on any atom is 0.0708 e. The highest BCUT2D eigenvalue weighted by molar-refractivity contribution is 14.2. The number of nitrogens with zero attached hydrogens (tertiary/aromatic N) is 5. The second-order valence-electron chi connectivity index (χ2n) is 29.2. The Morgan fingerprint density at radius 3 is 0.955 bits per heavy atom. The second-order valence-corrected chi connectivity index (χ2v) is 31.7. The lowest BCUT2D eigenvalue weighted by Crippen LogP contribution is -1.98. The first kappa shape index (κ1) is 65.1. The fourth-order valence-corrected chi connectivity index (χ4v) is 19.5. The first-order valence-corrected chi connectivity index (χ1v) is 40.6. The summed E-state index contributed by atoms with van der Waals surface area (Å²) in [5.74, 6) is 0. The Balaban J connectivity index is 0.551. The van der Waals surface area contributed by atoms with Crippen molar-refractivity contribution >= 4 is 117 Å². The van der Waals surface area contributed by atoms with Crippen molar-refractivity contribution in [3.63, 3.8) is 0 Å². The lowest BCUT2D eigenvalue weighted by Gasteiger charge is -2.13. The van der Waals surface area contributed by atoms with Gasteiger partial charge in [0.2, 0.25) is 0 Å². The number of allylic oxidation sites excluding steroid dienone is 3. The number of hydrogen-bond donors (Lipinski definition) is 0. The maximum atomic E-state index is 4.89. The summed E-state index contributed by atoms with van der Waals surface area (Å²) in [5.41, 5.74) is 33.9. The van der Waals surface area contributed by atoms with Crippen LogP contribution in [0, 0.1) is 0 Å². The quantitative estimate of drug-likeness (QED) is 0.106. The van der Waals surface area contributed by atoms with E-state index in [4.69, 9.17) is 4.98 Å². The van der Waals surface area contributed by atoms with Gasteiger partial charge in [-0.25, -0.2) is 0 Å². The normalized spacial score (nSPS) is 12.4. The predicted octanol–water partition coefficient (Wildman–Crippen LogP) is 28.2. The van der Waals surface area contributed by atoms with Crippen molar-refractivity contribution in [2.24, 2.45) is 0 Å². The SMILES string of the molecule is C1=CC(c2cccc(-c3ccc4c5ccccc5n(-c5ccccc5)c4c3)c2)=CC(c2cccc(-c3ccc4c5cc(-c6ccc7c(c6)c6ccc(-c8ccc(-c9ccnc(-c%10ccc(-c%11ccc%12c%13ccccc%13n(-c%13ccccc%13)c%12c%11)cc%10)c9)cc8)cc6n7-c6ccccc6)ccc5n(-c5ccccc5)c4c3)c2)=I1. The molecule has 0 N–H and O–H groups in total. The van der Waals surface area contributed by atoms with Gasteiger partial charge >= 0.3 is 0 Å². The number of rotatable bonds is 13. The van der Waals surface area contributed by atoms with E-state index >= 15 is 0 Å². The molecule has 0 spiro atoms. The lowest BCUT2D eigenvalue weighted by atomic mass is 9.96. The monoisotopic (exact) mass is 1540 g/mol. The summed E-state index contributed by atoms with van der Waals surface area (Å²) >= 11 is -0.359. The second kappa shape index (κ2) is 27.0. The standard InChI is InChI=1S/C106H68IN5/c1-5-23-85(24-6-1)109-99-33-15-13-31-89(99)91-49-43-78(65-103(91)109)70-39-41-72(42-40-70)98-64-83(56-58-108-98)71-37-35-69(36-38-71)79-44-51-93-95-61-76(47-53-101(95)111(105(93)66-79)87-27-9-3-10-28-87)77-48-54-102-96(62-77)94-52-46-81(68-106(94)112(102)88-29-11-4-12-30-88)75-21-18-22-84(60-75)97-63-82(55-57-107-97)74-20-17-19-73(59-74)80-45-50-92-90-32-14-16-34-100(90)110(104(92)67-80)86-25-7-2-8-26-86/h1-68H. The summed E-state index contributed by atoms with van der Waals surface area (Å²) in [6.45, 7) is 0. The van der Waals surface area contributed by atoms with Gasteiger partial charge in [-0.3, -0.25) is 4.98 Å². The van der Waals surface area contributed by atoms with Crippen LogP contribution in [0.25, 0.3) is 194 Å². The van der Waals surface area contributed by atoms with Crippen LogP contribution in [0.2, 0.25) is 0 Å². The van der Waals surface area contributed by atoms with E-state index in [0.29, 0.717) is 0 Å². The molecule has 1 aliphatic heterocycles. The first-order valence-electron chi connectivity index (χ1n) is 38.2. The van der Waals surface area contributed by atoms with Gasteiger partial charge in [-0.1, -0.05) is 276 Å². The Kier molecular flexibility index (Phi) is 15.7. The number of para-hydroxylation sites is 6. The molecule has 0 radical (unpaired) electrons. The zero-order valence-electron chi connectivity index (χ0n) is 60.9. The topological polar surface area (TPSA) is 32.6 Å². The summed E-state index contributed by atoms with van der Waals surface area (Å²) in [4.78, 5) is 4.89. The summed E-state index contributed by atoms with van der Waals surface area (Å²) in [6, 6.07) is 143. The van der Waals surface area contributed by atoms with Gasteiger partial charge in [0.1, 0.15) is 0 Å². The largest absolute Gasteiger partial charge is 0.309 e. The minimum absolute atomic E-state index is 0.359. The number of hydrogen-bond acceptors (Lipinski definition) is 1. The van der Waals surface area contributed by atoms with Crippen LogP contribution in [0.5, 0.6) is 0 Å². The molecule has 0 amide bonds. The molecule has 0 aliphatic carbocycles. The molecular weight excluding hydrogens is 1470 g/mol. The van der Waals surface area contributed by atoms with Crippen molar-refractivity contribution in [3.05, 3.63) is 422 Å². The molecule has 5 aromatic heterocycles. The van der Waals surface area contributed by atoms with Crippen molar-refractivity contribution in [1.82, 2.24) is 23.3 Å². The molecule has 0 bridgehead atoms. The Labute approximate surface area is 657 Å². The smallest absolute Gasteiger partial charge is 0.0708 e. The van der Waals surface area contributed by atoms with Gasteiger partial charge in [0, 0.05) is 81.1 Å². The number of benzene rings is 16. The molecule has 1 aliphatic rings. The predicted molar refractivity (Wildman–Crippen MR) is 481 cm³/mol. The van der Waals surface area contributed by atoms with Crippen molar-refractivity contribution in [2.75, 3.05) is 0 Å². The molecule has 22 rings (SSSR count). The molecule has 524 valence electrons. The fraction of sp³-hybridized carbons (Fsp3) is 0. The van der Waals surface area contributed by atoms with Crippen LogP contribution in [0.4, 0.5) is 0 Å². The third kappa shape index (κ3) is 11.2. The molecule has 16 aromatic carbocycles. The average Bonchev–Trinajstić information content (AvgIpc) is 1.59. The van der Waals surface area contributed by atoms with Gasteiger partial charge in [0.25, 0.3) is 0 Å². The molecule has 0 atom stereocenters. The van der Waals surface area contributed by atoms with Gasteiger partial charge in [0.15, 0.2) is 0 Å². The highest BCUT2D eigenvalue weighted by atomic mass is 127. The van der Waals surface area contributed by atoms with E-state index < -0.39 is 0 Å². The fourth-order valence-electron chi connectivity index (χ4n) is 17.4. The highest BCUT2D eigenvalue weighted by Gasteiger charge is 2.22. The number of fused-ring (bicyclic) bond motifs is 12. The van der Waals surface area contributed by atoms with Crippen molar-refractivity contribution in [1.29, 1.82) is 0 Å². The third-order valence-electron chi connectivity index (χ3n) is 22.8. The summed E-state index contributed by atoms with van der Waals surface area (Å²) in [7, 11) is 0. The highest BCUT2D eigenvalue weighted by Crippen LogP contribution is 2.44. The van der Waals surface area contributed by atoms with Gasteiger partial charge in [-0.15, -0.1) is 0 Å². The first-order chi connectivity index (χ1) is 55.5. The summed E-state index contributed by atoms with van der Waals surface area (Å²) in [5, 5.41) is 9.88. The molecule has 0 unspecified atom stereocenters. The molecule has 5 nitrogen and oxygen atoms in total. The molecule has 0 fully saturated rings. The molecule has 0 saturated carbocycles. The van der Waals surface area contributed by atoms with Gasteiger partial charge < -0.3 is 18.3 Å². The van der Waals surface area contributed by atoms with Crippen molar-refractivity contribution < 1.29 is 0 Å². The zero-order chi connectivity index (χ0) is 73.7. The minimum Gasteiger partial charge on any atom is -0.309 e. The van der Waals surface area contributed by atoms with Crippen LogP contribution in [0.15, 0.2) is 411 Å². The zero-order valence-corrected chi connectivity index (χ0v) is 63.0. The van der Waals surface area contributed by atoms with Gasteiger partial charge in [-0.2, -0.15) is 0 Å². The lowest BCUT2D eigenvalue weighted by molar-refractivity contribution is 1.18. The number of halogens is 1. The summed E-state index contributed by atoms with van der Waals surface area (Å²) in [6.07, 6.45) is 6.71. The number of aromatic nitrogens is 5. The van der Waals surface area contributed by atoms with Crippen LogP contribution < -0.4 is 0 Å². The molecule has 112 heavy (non-hydrogen) atoms. The van der Waals surface area contributed by atoms with Crippen LogP contribution in [0.3, 0.4) is 0 Å². The minimum atomic E-state index is -0.359. The summed E-state index contributed by atoms with van der Waals surface area (Å²) < 4.78 is 13.5. The average molecular weight is 1540 g/mol. The van der Waals surface area contributed by atoms with Crippen LogP contribution >= 0.6 is 20.7 Å². The van der Waals surface area contributed by atoms with Crippen LogP contribution in [-0.4, -0.2) is 26.8 Å². The van der Waals surface area contributed by atoms with Crippen molar-refractivity contribution in [3.8, 4) is 101 Å². The van der Waals surface area contributed by atoms with Gasteiger partial charge in [0.05, 0.1) is 49.8 Å². The molecule has 6 heteroatoms. The van der Waals surface area contributed by atoms with Crippen LogP contribution in [0.1, 0.15) is 11.1 Å². The van der Waals surface area contributed by atoms with E-state index in [1.54, 1.807) is 0 Å². The van der Waals surface area contributed by atoms with Crippen molar-refractivity contribution in [2.45, 2.75) is 0 Å². The van der Waals surface area contributed by atoms with E-state index in [9.17, 15) is 0 Å². The number of pyridine rings is 1. The Hall–Kier alpha value is -14.1. The van der Waals surface area contributed by atoms with E-state index in [1.165, 1.54) is 141 Å². The van der Waals surface area contributed by atoms with Gasteiger partial charge in [-0.05, 0) is 233 Å². The Morgan fingerprint density at radius 2 is 0.509 bits per heavy atom. The molecule has 6 heterocycles. The maximum absolute atomic E-state index is 4.89. The Bertz CT molecular complexity index is 7440. The molecule has 21 aromatic rings. The van der Waals surface area contributed by atoms with E-state index in [1.807, 2.05) is 6.20 Å². The molecular formula is C106H68IN5.